The van der Waals surface area contributed by atoms with Crippen molar-refractivity contribution < 1.29 is 23.9 Å². The third kappa shape index (κ3) is 5.31. The zero-order chi connectivity index (χ0) is 23.3. The number of nitrogens with one attached hydrogen (secondary N) is 3. The highest BCUT2D eigenvalue weighted by Crippen LogP contribution is 2.29. The predicted octanol–water partition coefficient (Wildman–Crippen LogP) is 3.04. The van der Waals surface area contributed by atoms with E-state index < -0.39 is 17.7 Å². The minimum atomic E-state index is -0.968. The molecule has 0 aliphatic rings. The van der Waals surface area contributed by atoms with Crippen LogP contribution in [0.1, 0.15) is 10.5 Å². The lowest BCUT2D eigenvalue weighted by Crippen LogP contribution is -2.40. The fraction of sp³-hybridized carbons (Fsp3) is 0.190. The number of hydrogen-bond donors (Lipinski definition) is 3. The molecule has 0 spiro atoms. The highest BCUT2D eigenvalue weighted by Gasteiger charge is 2.22. The number of fused-ring (bicyclic) bond motifs is 1. The van der Waals surface area contributed by atoms with Gasteiger partial charge in [-0.15, -0.1) is 0 Å². The number of ether oxygens (including phenoxy) is 2. The second-order valence-electron chi connectivity index (χ2n) is 6.56. The van der Waals surface area contributed by atoms with Crippen LogP contribution in [-0.2, 0) is 14.3 Å². The number of para-hydroxylation sites is 1. The zero-order valence-electron chi connectivity index (χ0n) is 17.2. The molecule has 1 heterocycles. The SMILES string of the molecule is COCCNC(=O)C(=O)Nn1c(C(=O)Nc2cc(Cl)cc(Cl)c2)cc2cccc(OC)c21. The van der Waals surface area contributed by atoms with E-state index >= 15 is 0 Å². The van der Waals surface area contributed by atoms with Gasteiger partial charge in [-0.3, -0.25) is 19.8 Å². The topological polar surface area (TPSA) is 111 Å². The number of hydrogen-bond acceptors (Lipinski definition) is 5. The molecule has 0 saturated heterocycles. The molecule has 0 fully saturated rings. The van der Waals surface area contributed by atoms with Crippen molar-refractivity contribution >= 4 is 57.5 Å². The van der Waals surface area contributed by atoms with Crippen molar-refractivity contribution in [1.82, 2.24) is 9.99 Å². The van der Waals surface area contributed by atoms with Crippen molar-refractivity contribution in [2.75, 3.05) is 38.1 Å². The Balaban J connectivity index is 1.97. The number of anilines is 1. The molecular weight excluding hydrogens is 459 g/mol. The van der Waals surface area contributed by atoms with Gasteiger partial charge in [0, 0.05) is 34.8 Å². The Hall–Kier alpha value is -3.27. The zero-order valence-corrected chi connectivity index (χ0v) is 18.7. The van der Waals surface area contributed by atoms with Crippen LogP contribution in [-0.4, -0.2) is 49.8 Å². The molecule has 0 saturated carbocycles. The Kier molecular flexibility index (Phi) is 7.57. The number of carbonyl (C=O) groups excluding carboxylic acids is 3. The van der Waals surface area contributed by atoms with Crippen LogP contribution < -0.4 is 20.8 Å². The highest BCUT2D eigenvalue weighted by molar-refractivity contribution is 6.38. The molecule has 0 bridgehead atoms. The molecule has 3 amide bonds. The molecular formula is C21H20Cl2N4O5. The number of benzene rings is 2. The van der Waals surface area contributed by atoms with Gasteiger partial charge in [0.05, 0.1) is 13.7 Å². The fourth-order valence-corrected chi connectivity index (χ4v) is 3.52. The first-order valence-electron chi connectivity index (χ1n) is 9.38. The summed E-state index contributed by atoms with van der Waals surface area (Å²) in [6, 6.07) is 11.3. The van der Waals surface area contributed by atoms with Gasteiger partial charge in [-0.25, -0.2) is 4.68 Å². The third-order valence-electron chi connectivity index (χ3n) is 4.37. The van der Waals surface area contributed by atoms with Gasteiger partial charge in [-0.1, -0.05) is 35.3 Å². The maximum atomic E-state index is 13.1. The molecule has 3 N–H and O–H groups in total. The van der Waals surface area contributed by atoms with Crippen molar-refractivity contribution in [1.29, 1.82) is 0 Å². The van der Waals surface area contributed by atoms with E-state index in [0.29, 0.717) is 32.4 Å². The summed E-state index contributed by atoms with van der Waals surface area (Å²) in [7, 11) is 2.93. The molecule has 32 heavy (non-hydrogen) atoms. The van der Waals surface area contributed by atoms with E-state index in [4.69, 9.17) is 32.7 Å². The Morgan fingerprint density at radius 2 is 1.72 bits per heavy atom. The third-order valence-corrected chi connectivity index (χ3v) is 4.81. The van der Waals surface area contributed by atoms with E-state index in [-0.39, 0.29) is 18.8 Å². The summed E-state index contributed by atoms with van der Waals surface area (Å²) in [4.78, 5) is 37.7. The second-order valence-corrected chi connectivity index (χ2v) is 7.44. The van der Waals surface area contributed by atoms with Gasteiger partial charge >= 0.3 is 11.8 Å². The summed E-state index contributed by atoms with van der Waals surface area (Å²) in [6.07, 6.45) is 0. The predicted molar refractivity (Wildman–Crippen MR) is 122 cm³/mol. The monoisotopic (exact) mass is 478 g/mol. The van der Waals surface area contributed by atoms with Gasteiger partial charge in [0.1, 0.15) is 17.0 Å². The van der Waals surface area contributed by atoms with Crippen LogP contribution in [0.2, 0.25) is 10.0 Å². The van der Waals surface area contributed by atoms with Crippen LogP contribution >= 0.6 is 23.2 Å². The Bertz CT molecular complexity index is 1160. The van der Waals surface area contributed by atoms with Crippen LogP contribution in [0.25, 0.3) is 10.9 Å². The summed E-state index contributed by atoms with van der Waals surface area (Å²) >= 11 is 12.0. The molecule has 0 aliphatic carbocycles. The minimum Gasteiger partial charge on any atom is -0.494 e. The Morgan fingerprint density at radius 1 is 1.00 bits per heavy atom. The summed E-state index contributed by atoms with van der Waals surface area (Å²) < 4.78 is 11.4. The molecule has 0 aliphatic heterocycles. The van der Waals surface area contributed by atoms with Crippen LogP contribution in [0, 0.1) is 0 Å². The maximum Gasteiger partial charge on any atom is 0.328 e. The lowest BCUT2D eigenvalue weighted by Gasteiger charge is -2.14. The number of rotatable bonds is 7. The first-order chi connectivity index (χ1) is 15.3. The van der Waals surface area contributed by atoms with E-state index in [1.807, 2.05) is 0 Å². The van der Waals surface area contributed by atoms with Gasteiger partial charge in [0.25, 0.3) is 5.91 Å². The van der Waals surface area contributed by atoms with Crippen molar-refractivity contribution in [3.63, 3.8) is 0 Å². The molecule has 0 unspecified atom stereocenters. The van der Waals surface area contributed by atoms with Gasteiger partial charge in [-0.05, 0) is 30.3 Å². The normalized spacial score (nSPS) is 10.6. The first kappa shape index (κ1) is 23.4. The van der Waals surface area contributed by atoms with Crippen LogP contribution in [0.5, 0.6) is 5.75 Å². The van der Waals surface area contributed by atoms with Gasteiger partial charge in [0.2, 0.25) is 0 Å². The lowest BCUT2D eigenvalue weighted by atomic mass is 10.2. The molecule has 3 aromatic rings. The summed E-state index contributed by atoms with van der Waals surface area (Å²) in [5, 5.41) is 6.41. The van der Waals surface area contributed by atoms with E-state index in [1.54, 1.807) is 24.3 Å². The van der Waals surface area contributed by atoms with Crippen molar-refractivity contribution in [2.24, 2.45) is 0 Å². The number of halogens is 2. The molecule has 3 rings (SSSR count). The quantitative estimate of drug-likeness (QED) is 0.357. The average molecular weight is 479 g/mol. The minimum absolute atomic E-state index is 0.0543. The number of methoxy groups -OCH3 is 2. The summed E-state index contributed by atoms with van der Waals surface area (Å²) in [5.41, 5.74) is 3.28. The van der Waals surface area contributed by atoms with Crippen molar-refractivity contribution in [2.45, 2.75) is 0 Å². The van der Waals surface area contributed by atoms with E-state index in [1.165, 1.54) is 37.1 Å². The number of nitrogens with zero attached hydrogens (tertiary/aromatic N) is 1. The van der Waals surface area contributed by atoms with Gasteiger partial charge in [0.15, 0.2) is 0 Å². The first-order valence-corrected chi connectivity index (χ1v) is 10.1. The molecule has 2 aromatic carbocycles. The molecule has 168 valence electrons. The Labute approximate surface area is 193 Å². The van der Waals surface area contributed by atoms with Crippen molar-refractivity contribution in [3.8, 4) is 5.75 Å². The van der Waals surface area contributed by atoms with E-state index in [9.17, 15) is 14.4 Å². The molecule has 9 nitrogen and oxygen atoms in total. The number of amides is 3. The fourth-order valence-electron chi connectivity index (χ4n) is 3.00. The second kappa shape index (κ2) is 10.4. The summed E-state index contributed by atoms with van der Waals surface area (Å²) in [6.45, 7) is 0.399. The summed E-state index contributed by atoms with van der Waals surface area (Å²) in [5.74, 6) is -2.02. The molecule has 0 radical (unpaired) electrons. The number of aromatic nitrogens is 1. The average Bonchev–Trinajstić information content (AvgIpc) is 3.11. The van der Waals surface area contributed by atoms with Crippen LogP contribution in [0.15, 0.2) is 42.5 Å². The van der Waals surface area contributed by atoms with Crippen LogP contribution in [0.4, 0.5) is 5.69 Å². The van der Waals surface area contributed by atoms with E-state index in [2.05, 4.69) is 16.1 Å². The standard InChI is InChI=1S/C21H20Cl2N4O5/c1-31-7-6-24-20(29)21(30)26-27-16(8-12-4-3-5-17(32-2)18(12)27)19(28)25-15-10-13(22)9-14(23)11-15/h3-5,8-11H,6-7H2,1-2H3,(H,24,29)(H,25,28)(H,26,30). The van der Waals surface area contributed by atoms with E-state index in [0.717, 1.165) is 0 Å². The lowest BCUT2D eigenvalue weighted by molar-refractivity contribution is -0.136. The smallest absolute Gasteiger partial charge is 0.328 e. The largest absolute Gasteiger partial charge is 0.494 e. The highest BCUT2D eigenvalue weighted by atomic mass is 35.5. The van der Waals surface area contributed by atoms with Crippen molar-refractivity contribution in [3.05, 3.63) is 58.2 Å². The van der Waals surface area contributed by atoms with Gasteiger partial charge < -0.3 is 20.1 Å². The Morgan fingerprint density at radius 3 is 2.38 bits per heavy atom. The maximum absolute atomic E-state index is 13.1. The number of carbonyl (C=O) groups is 3. The molecule has 1 aromatic heterocycles. The molecule has 11 heteroatoms. The van der Waals surface area contributed by atoms with Gasteiger partial charge in [-0.2, -0.15) is 0 Å². The molecule has 0 atom stereocenters. The van der Waals surface area contributed by atoms with Crippen LogP contribution in [0.3, 0.4) is 0 Å².